The van der Waals surface area contributed by atoms with Gasteiger partial charge in [-0.25, -0.2) is 13.2 Å². The van der Waals surface area contributed by atoms with Crippen molar-refractivity contribution in [2.24, 2.45) is 0 Å². The molecule has 1 fully saturated rings. The molecule has 5 rings (SSSR count). The number of nitrogens with zero attached hydrogens (tertiary/aromatic N) is 3. The zero-order valence-corrected chi connectivity index (χ0v) is 21.6. The maximum absolute atomic E-state index is 14.8. The van der Waals surface area contributed by atoms with Gasteiger partial charge in [0.1, 0.15) is 17.3 Å². The molecule has 4 heterocycles. The summed E-state index contributed by atoms with van der Waals surface area (Å²) in [6.07, 6.45) is 7.57. The fourth-order valence-electron chi connectivity index (χ4n) is 5.30. The van der Waals surface area contributed by atoms with Crippen LogP contribution in [-0.2, 0) is 17.8 Å². The molecule has 1 aliphatic carbocycles. The van der Waals surface area contributed by atoms with Crippen molar-refractivity contribution in [3.05, 3.63) is 51.5 Å². The Kier molecular flexibility index (Phi) is 7.37. The molecule has 0 bridgehead atoms. The molecule has 208 valence electrons. The number of allylic oxidation sites excluding steroid dienone is 4. The van der Waals surface area contributed by atoms with Crippen molar-refractivity contribution in [1.29, 1.82) is 0 Å². The van der Waals surface area contributed by atoms with Crippen LogP contribution in [0.4, 0.5) is 18.9 Å². The fourth-order valence-corrected chi connectivity index (χ4v) is 5.30. The number of amides is 2. The number of carbonyl (C=O) groups excluding carboxylic acids is 2. The number of rotatable bonds is 8. The molecule has 39 heavy (non-hydrogen) atoms. The Balaban J connectivity index is 1.50. The maximum atomic E-state index is 14.8. The van der Waals surface area contributed by atoms with Crippen LogP contribution in [0, 0.1) is 0 Å². The Morgan fingerprint density at radius 3 is 2.85 bits per heavy atom. The lowest BCUT2D eigenvalue weighted by molar-refractivity contribution is -0.127. The summed E-state index contributed by atoms with van der Waals surface area (Å²) < 4.78 is 49.6. The highest BCUT2D eigenvalue weighted by Crippen LogP contribution is 2.37. The minimum Gasteiger partial charge on any atom is -0.493 e. The molecule has 2 aromatic rings. The van der Waals surface area contributed by atoms with E-state index in [0.717, 1.165) is 16.6 Å². The van der Waals surface area contributed by atoms with Gasteiger partial charge in [0.25, 0.3) is 17.4 Å². The zero-order chi connectivity index (χ0) is 27.7. The van der Waals surface area contributed by atoms with E-state index in [1.54, 1.807) is 17.1 Å². The van der Waals surface area contributed by atoms with Crippen LogP contribution in [0.5, 0.6) is 5.75 Å². The molecule has 2 amide bonds. The lowest BCUT2D eigenvalue weighted by atomic mass is 9.98. The van der Waals surface area contributed by atoms with E-state index in [-0.39, 0.29) is 35.7 Å². The van der Waals surface area contributed by atoms with Gasteiger partial charge in [0.2, 0.25) is 5.91 Å². The van der Waals surface area contributed by atoms with E-state index in [4.69, 9.17) is 4.74 Å². The minimum atomic E-state index is -3.29. The maximum Gasteiger partial charge on any atom is 0.282 e. The third-order valence-electron chi connectivity index (χ3n) is 7.23. The van der Waals surface area contributed by atoms with Gasteiger partial charge in [-0.3, -0.25) is 23.9 Å². The van der Waals surface area contributed by atoms with Gasteiger partial charge in [-0.2, -0.15) is 0 Å². The average Bonchev–Trinajstić information content (AvgIpc) is 3.25. The van der Waals surface area contributed by atoms with Gasteiger partial charge in [-0.15, -0.1) is 0 Å². The summed E-state index contributed by atoms with van der Waals surface area (Å²) in [5, 5.41) is 5.44. The summed E-state index contributed by atoms with van der Waals surface area (Å²) in [5.74, 6) is -4.08. The summed E-state index contributed by atoms with van der Waals surface area (Å²) in [6, 6.07) is 0. The highest BCUT2D eigenvalue weighted by atomic mass is 19.3. The number of pyridine rings is 2. The van der Waals surface area contributed by atoms with Crippen LogP contribution < -0.4 is 20.9 Å². The largest absolute Gasteiger partial charge is 0.493 e. The van der Waals surface area contributed by atoms with Crippen molar-refractivity contribution in [1.82, 2.24) is 19.8 Å². The Morgan fingerprint density at radius 2 is 2.15 bits per heavy atom. The molecule has 0 spiro atoms. The van der Waals surface area contributed by atoms with Crippen molar-refractivity contribution in [2.45, 2.75) is 50.7 Å². The summed E-state index contributed by atoms with van der Waals surface area (Å²) in [4.78, 5) is 44.7. The predicted molar refractivity (Wildman–Crippen MR) is 139 cm³/mol. The second-order valence-electron chi connectivity index (χ2n) is 10.0. The zero-order valence-electron chi connectivity index (χ0n) is 21.6. The van der Waals surface area contributed by atoms with Crippen molar-refractivity contribution in [3.63, 3.8) is 0 Å². The molecule has 9 nitrogen and oxygen atoms in total. The number of hydrogen-bond donors (Lipinski definition) is 2. The van der Waals surface area contributed by atoms with Crippen LogP contribution in [0.25, 0.3) is 11.0 Å². The third kappa shape index (κ3) is 5.37. The number of aromatic nitrogens is 2. The van der Waals surface area contributed by atoms with Crippen molar-refractivity contribution >= 4 is 28.5 Å². The van der Waals surface area contributed by atoms with Crippen LogP contribution in [-0.4, -0.2) is 71.6 Å². The first-order chi connectivity index (χ1) is 18.7. The Morgan fingerprint density at radius 1 is 1.33 bits per heavy atom. The van der Waals surface area contributed by atoms with Gasteiger partial charge in [0.15, 0.2) is 5.75 Å². The van der Waals surface area contributed by atoms with Crippen molar-refractivity contribution in [3.8, 4) is 5.75 Å². The number of nitrogens with one attached hydrogen (secondary N) is 2. The summed E-state index contributed by atoms with van der Waals surface area (Å²) in [6.45, 7) is -0.331. The molecule has 1 atom stereocenters. The number of halogens is 3. The average molecular weight is 546 g/mol. The number of hydrogen-bond acceptors (Lipinski definition) is 6. The van der Waals surface area contributed by atoms with E-state index in [0.29, 0.717) is 43.6 Å². The molecule has 3 aliphatic rings. The SMILES string of the molecule is COc1c(C(=O)NCCCN2CCCC2=O)c(=O)n2c3c(c(CC4=CCC(F)C=C4)cnc13)NCC(F)(F)C2. The van der Waals surface area contributed by atoms with Crippen molar-refractivity contribution < 1.29 is 27.5 Å². The van der Waals surface area contributed by atoms with Gasteiger partial charge in [-0.05, 0) is 18.4 Å². The summed E-state index contributed by atoms with van der Waals surface area (Å²) >= 11 is 0. The smallest absolute Gasteiger partial charge is 0.282 e. The Bertz CT molecular complexity index is 1430. The van der Waals surface area contributed by atoms with Gasteiger partial charge in [-0.1, -0.05) is 18.2 Å². The van der Waals surface area contributed by atoms with Crippen LogP contribution in [0.3, 0.4) is 0 Å². The molecule has 2 aromatic heterocycles. The second kappa shape index (κ2) is 10.7. The molecule has 0 radical (unpaired) electrons. The van der Waals surface area contributed by atoms with Crippen molar-refractivity contribution in [2.75, 3.05) is 38.6 Å². The fraction of sp³-hybridized carbons (Fsp3) is 0.481. The molecule has 1 saturated heterocycles. The molecule has 0 aromatic carbocycles. The van der Waals surface area contributed by atoms with E-state index in [9.17, 15) is 27.6 Å². The van der Waals surface area contributed by atoms with E-state index in [1.165, 1.54) is 19.4 Å². The molecular formula is C27H30F3N5O4. The third-order valence-corrected chi connectivity index (χ3v) is 7.23. The Hall–Kier alpha value is -3.83. The van der Waals surface area contributed by atoms with E-state index >= 15 is 0 Å². The summed E-state index contributed by atoms with van der Waals surface area (Å²) in [5.41, 5.74) is 0.561. The van der Waals surface area contributed by atoms with Crippen LogP contribution in [0.1, 0.15) is 41.6 Å². The first-order valence-corrected chi connectivity index (χ1v) is 13.0. The normalized spacial score (nSPS) is 20.0. The molecule has 2 N–H and O–H groups in total. The standard InChI is InChI=1S/C27H30F3N5O4/c1-39-24-20(25(37)31-9-3-11-34-10-2-4-19(34)36)26(38)35-15-27(29,30)14-33-21-17(13-32-22(24)23(21)35)12-16-5-7-18(28)8-6-16/h5-7,13,18,33H,2-4,8-12,14-15H2,1H3,(H,31,37). The number of carbonyl (C=O) groups is 2. The molecule has 12 heteroatoms. The van der Waals surface area contributed by atoms with Gasteiger partial charge >= 0.3 is 0 Å². The van der Waals surface area contributed by atoms with Crippen LogP contribution in [0.15, 0.2) is 34.8 Å². The number of likely N-dealkylation sites (tertiary alicyclic amines) is 1. The first kappa shape index (κ1) is 26.8. The second-order valence-corrected chi connectivity index (χ2v) is 10.0. The van der Waals surface area contributed by atoms with E-state index in [2.05, 4.69) is 15.6 Å². The lowest BCUT2D eigenvalue weighted by Gasteiger charge is -2.19. The highest BCUT2D eigenvalue weighted by Gasteiger charge is 2.37. The number of methoxy groups -OCH3 is 1. The van der Waals surface area contributed by atoms with Gasteiger partial charge < -0.3 is 20.3 Å². The minimum absolute atomic E-state index is 0.0733. The van der Waals surface area contributed by atoms with E-state index in [1.807, 2.05) is 0 Å². The van der Waals surface area contributed by atoms with Crippen LogP contribution in [0.2, 0.25) is 0 Å². The molecule has 1 unspecified atom stereocenters. The Labute approximate surface area is 222 Å². The summed E-state index contributed by atoms with van der Waals surface area (Å²) in [7, 11) is 1.29. The quantitative estimate of drug-likeness (QED) is 0.495. The van der Waals surface area contributed by atoms with Crippen LogP contribution >= 0.6 is 0 Å². The number of alkyl halides is 3. The first-order valence-electron chi connectivity index (χ1n) is 13.0. The van der Waals surface area contributed by atoms with E-state index < -0.39 is 42.2 Å². The highest BCUT2D eigenvalue weighted by molar-refractivity contribution is 6.04. The predicted octanol–water partition coefficient (Wildman–Crippen LogP) is 2.98. The number of ether oxygens (including phenoxy) is 1. The lowest BCUT2D eigenvalue weighted by Crippen LogP contribution is -2.38. The monoisotopic (exact) mass is 545 g/mol. The molecule has 2 aliphatic heterocycles. The number of anilines is 1. The van der Waals surface area contributed by atoms with Gasteiger partial charge in [0.05, 0.1) is 31.4 Å². The van der Waals surface area contributed by atoms with Gasteiger partial charge in [0, 0.05) is 50.7 Å². The molecular weight excluding hydrogens is 515 g/mol. The topological polar surface area (TPSA) is 106 Å². The molecule has 0 saturated carbocycles.